The number of anilines is 1. The Morgan fingerprint density at radius 2 is 1.97 bits per heavy atom. The summed E-state index contributed by atoms with van der Waals surface area (Å²) in [6.45, 7) is 5.77. The highest BCUT2D eigenvalue weighted by Gasteiger charge is 2.23. The predicted octanol–water partition coefficient (Wildman–Crippen LogP) is 4.32. The Morgan fingerprint density at radius 3 is 2.64 bits per heavy atom. The molecule has 3 aromatic heterocycles. The molecule has 0 bridgehead atoms. The van der Waals surface area contributed by atoms with Gasteiger partial charge in [-0.3, -0.25) is 4.98 Å². The van der Waals surface area contributed by atoms with Gasteiger partial charge in [0.2, 0.25) is 5.95 Å². The lowest BCUT2D eigenvalue weighted by Crippen LogP contribution is -2.34. The first-order valence-corrected chi connectivity index (χ1v) is 12.0. The van der Waals surface area contributed by atoms with E-state index in [1.54, 1.807) is 12.3 Å². The molecule has 0 saturated heterocycles. The molecular weight excluding hydrogens is 483 g/mol. The van der Waals surface area contributed by atoms with Crippen molar-refractivity contribution in [3.8, 4) is 11.4 Å². The van der Waals surface area contributed by atoms with Crippen molar-refractivity contribution in [2.75, 3.05) is 18.0 Å². The number of hydrogen-bond donors (Lipinski definition) is 0. The van der Waals surface area contributed by atoms with Crippen LogP contribution in [0.1, 0.15) is 30.7 Å². The van der Waals surface area contributed by atoms with Crippen LogP contribution in [0.25, 0.3) is 11.3 Å². The Labute approximate surface area is 212 Å². The predicted molar refractivity (Wildman–Crippen MR) is 133 cm³/mol. The average molecular weight is 507 g/mol. The normalized spacial score (nSPS) is 15.6. The van der Waals surface area contributed by atoms with Crippen LogP contribution in [0.5, 0.6) is 5.75 Å². The summed E-state index contributed by atoms with van der Waals surface area (Å²) < 4.78 is 21.5. The van der Waals surface area contributed by atoms with Crippen LogP contribution in [0.2, 0.25) is 5.02 Å². The van der Waals surface area contributed by atoms with E-state index in [9.17, 15) is 4.39 Å². The number of hydrogen-bond acceptors (Lipinski definition) is 8. The van der Waals surface area contributed by atoms with E-state index < -0.39 is 5.82 Å². The topological polar surface area (TPSA) is 94.7 Å². The number of aryl methyl sites for hydroxylation is 1. The summed E-state index contributed by atoms with van der Waals surface area (Å²) in [5.41, 5.74) is 4.26. The number of benzene rings is 1. The quantitative estimate of drug-likeness (QED) is 0.366. The van der Waals surface area contributed by atoms with Gasteiger partial charge in [0.15, 0.2) is 11.6 Å². The van der Waals surface area contributed by atoms with E-state index in [1.165, 1.54) is 28.7 Å². The summed E-state index contributed by atoms with van der Waals surface area (Å²) in [6.07, 6.45) is 10.0. The first-order valence-electron chi connectivity index (χ1n) is 11.6. The van der Waals surface area contributed by atoms with Crippen molar-refractivity contribution in [3.63, 3.8) is 0 Å². The smallest absolute Gasteiger partial charge is 0.225 e. The van der Waals surface area contributed by atoms with Gasteiger partial charge in [0.1, 0.15) is 12.9 Å². The van der Waals surface area contributed by atoms with E-state index in [4.69, 9.17) is 16.3 Å². The molecule has 184 valence electrons. The monoisotopic (exact) mass is 506 g/mol. The SMILES string of the molecule is CCc1cnc(N2CC=C(c3cnc(COc4ccc(-n5cnnn5)cc4F)c(Cl)c3)C(C)C2)nc1. The second-order valence-electron chi connectivity index (χ2n) is 8.52. The Balaban J connectivity index is 1.25. The summed E-state index contributed by atoms with van der Waals surface area (Å²) in [5.74, 6) is 0.527. The zero-order chi connectivity index (χ0) is 25.1. The Hall–Kier alpha value is -3.92. The van der Waals surface area contributed by atoms with Gasteiger partial charge >= 0.3 is 0 Å². The molecule has 1 aromatic carbocycles. The Bertz CT molecular complexity index is 1380. The van der Waals surface area contributed by atoms with Crippen molar-refractivity contribution in [2.45, 2.75) is 26.9 Å². The van der Waals surface area contributed by atoms with Gasteiger partial charge in [-0.1, -0.05) is 31.5 Å². The minimum Gasteiger partial charge on any atom is -0.484 e. The van der Waals surface area contributed by atoms with E-state index >= 15 is 0 Å². The van der Waals surface area contributed by atoms with E-state index in [-0.39, 0.29) is 18.3 Å². The molecule has 0 spiro atoms. The van der Waals surface area contributed by atoms with Crippen LogP contribution in [0.15, 0.2) is 55.3 Å². The molecule has 5 rings (SSSR count). The van der Waals surface area contributed by atoms with Gasteiger partial charge in [0.05, 0.1) is 16.4 Å². The van der Waals surface area contributed by atoms with Gasteiger partial charge in [-0.05, 0) is 57.7 Å². The van der Waals surface area contributed by atoms with Crippen LogP contribution in [0.4, 0.5) is 10.3 Å². The Morgan fingerprint density at radius 1 is 1.14 bits per heavy atom. The van der Waals surface area contributed by atoms with Gasteiger partial charge in [0.25, 0.3) is 0 Å². The lowest BCUT2D eigenvalue weighted by Gasteiger charge is -2.31. The van der Waals surface area contributed by atoms with Crippen LogP contribution in [-0.4, -0.2) is 48.2 Å². The van der Waals surface area contributed by atoms with Crippen molar-refractivity contribution in [3.05, 3.63) is 82.9 Å². The van der Waals surface area contributed by atoms with Crippen molar-refractivity contribution < 1.29 is 9.13 Å². The molecule has 1 aliphatic rings. The molecule has 4 heterocycles. The van der Waals surface area contributed by atoms with Gasteiger partial charge < -0.3 is 9.64 Å². The van der Waals surface area contributed by atoms with Gasteiger partial charge in [-0.25, -0.2) is 19.0 Å². The van der Waals surface area contributed by atoms with E-state index in [0.717, 1.165) is 30.0 Å². The van der Waals surface area contributed by atoms with E-state index in [2.05, 4.69) is 55.3 Å². The zero-order valence-electron chi connectivity index (χ0n) is 19.8. The first-order chi connectivity index (χ1) is 17.5. The highest BCUT2D eigenvalue weighted by Crippen LogP contribution is 2.31. The average Bonchev–Trinajstić information content (AvgIpc) is 3.44. The third-order valence-corrected chi connectivity index (χ3v) is 6.41. The first kappa shape index (κ1) is 23.8. The standard InChI is InChI=1S/C25H24ClFN8O/c1-3-17-10-29-25(30-11-17)34-7-6-20(16(2)13-34)18-8-21(26)23(28-12-18)14-36-24-5-4-19(9-22(24)27)35-15-31-32-33-35/h4-6,8-12,15-16H,3,7,13-14H2,1-2H3. The molecule has 1 aliphatic heterocycles. The number of rotatable bonds is 7. The molecule has 9 nitrogen and oxygen atoms in total. The zero-order valence-corrected chi connectivity index (χ0v) is 20.6. The molecule has 0 saturated carbocycles. The minimum absolute atomic E-state index is 0.0355. The van der Waals surface area contributed by atoms with Crippen molar-refractivity contribution >= 4 is 23.1 Å². The van der Waals surface area contributed by atoms with Crippen molar-refractivity contribution in [1.82, 2.24) is 35.2 Å². The van der Waals surface area contributed by atoms with E-state index in [0.29, 0.717) is 22.9 Å². The minimum atomic E-state index is -0.533. The number of nitrogens with zero attached hydrogens (tertiary/aromatic N) is 8. The van der Waals surface area contributed by atoms with Crippen LogP contribution in [0, 0.1) is 11.7 Å². The molecule has 1 atom stereocenters. The molecule has 4 aromatic rings. The van der Waals surface area contributed by atoms with E-state index in [1.807, 2.05) is 18.5 Å². The lowest BCUT2D eigenvalue weighted by atomic mass is 9.91. The van der Waals surface area contributed by atoms with Crippen LogP contribution in [0.3, 0.4) is 0 Å². The lowest BCUT2D eigenvalue weighted by molar-refractivity contribution is 0.286. The number of pyridine rings is 1. The van der Waals surface area contributed by atoms with Gasteiger partial charge in [0, 0.05) is 37.7 Å². The fraction of sp³-hybridized carbons (Fsp3) is 0.280. The fourth-order valence-corrected chi connectivity index (χ4v) is 4.30. The second kappa shape index (κ2) is 10.4. The summed E-state index contributed by atoms with van der Waals surface area (Å²) in [4.78, 5) is 15.7. The summed E-state index contributed by atoms with van der Waals surface area (Å²) in [6, 6.07) is 6.37. The molecule has 0 amide bonds. The second-order valence-corrected chi connectivity index (χ2v) is 8.93. The molecule has 0 aliphatic carbocycles. The number of halogens is 2. The van der Waals surface area contributed by atoms with Crippen LogP contribution >= 0.6 is 11.6 Å². The molecule has 0 fully saturated rings. The molecular formula is C25H24ClFN8O. The molecule has 36 heavy (non-hydrogen) atoms. The molecule has 0 radical (unpaired) electrons. The highest BCUT2D eigenvalue weighted by molar-refractivity contribution is 6.31. The summed E-state index contributed by atoms with van der Waals surface area (Å²) in [7, 11) is 0. The third kappa shape index (κ3) is 5.03. The maximum atomic E-state index is 14.5. The van der Waals surface area contributed by atoms with Crippen molar-refractivity contribution in [1.29, 1.82) is 0 Å². The maximum absolute atomic E-state index is 14.5. The van der Waals surface area contributed by atoms with Crippen LogP contribution < -0.4 is 9.64 Å². The van der Waals surface area contributed by atoms with Gasteiger partial charge in [-0.15, -0.1) is 5.10 Å². The molecule has 11 heteroatoms. The number of ether oxygens (including phenoxy) is 1. The maximum Gasteiger partial charge on any atom is 0.225 e. The molecule has 1 unspecified atom stereocenters. The highest BCUT2D eigenvalue weighted by atomic mass is 35.5. The molecule has 0 N–H and O–H groups in total. The summed E-state index contributed by atoms with van der Waals surface area (Å²) >= 11 is 6.53. The Kier molecular flexibility index (Phi) is 6.86. The largest absolute Gasteiger partial charge is 0.484 e. The van der Waals surface area contributed by atoms with Gasteiger partial charge in [-0.2, -0.15) is 0 Å². The summed E-state index contributed by atoms with van der Waals surface area (Å²) in [5, 5.41) is 11.3. The van der Waals surface area contributed by atoms with Crippen LogP contribution in [-0.2, 0) is 13.0 Å². The number of aromatic nitrogens is 7. The van der Waals surface area contributed by atoms with Crippen molar-refractivity contribution in [2.24, 2.45) is 5.92 Å². The fourth-order valence-electron chi connectivity index (χ4n) is 4.08. The number of tetrazole rings is 1. The third-order valence-electron chi connectivity index (χ3n) is 6.08.